The Balaban J connectivity index is 2.43. The lowest BCUT2D eigenvalue weighted by Crippen LogP contribution is -2.10. The Morgan fingerprint density at radius 2 is 1.88 bits per heavy atom. The molecule has 0 spiro atoms. The summed E-state index contributed by atoms with van der Waals surface area (Å²) in [5.41, 5.74) is 2.91. The second-order valence-corrected chi connectivity index (χ2v) is 4.24. The number of carbonyl (C=O) groups excluding carboxylic acids is 1. The topological polar surface area (TPSA) is 34.9 Å². The fourth-order valence-electron chi connectivity index (χ4n) is 2.01. The van der Waals surface area contributed by atoms with Crippen LogP contribution in [0.4, 0.5) is 0 Å². The number of ketones is 1. The summed E-state index contributed by atoms with van der Waals surface area (Å²) >= 11 is 0. The van der Waals surface area contributed by atoms with E-state index in [4.69, 9.17) is 0 Å². The first-order valence-corrected chi connectivity index (χ1v) is 5.76. The van der Waals surface area contributed by atoms with E-state index in [1.54, 1.807) is 6.20 Å². The molecule has 0 fully saturated rings. The van der Waals surface area contributed by atoms with Gasteiger partial charge in [-0.25, -0.2) is 4.98 Å². The Bertz CT molecular complexity index is 535. The van der Waals surface area contributed by atoms with Crippen molar-refractivity contribution in [3.63, 3.8) is 0 Å². The molecule has 1 aromatic heterocycles. The van der Waals surface area contributed by atoms with Crippen LogP contribution in [0.2, 0.25) is 0 Å². The highest BCUT2D eigenvalue weighted by Crippen LogP contribution is 2.13. The van der Waals surface area contributed by atoms with Gasteiger partial charge < -0.3 is 4.57 Å². The highest BCUT2D eigenvalue weighted by Gasteiger charge is 2.14. The van der Waals surface area contributed by atoms with Crippen LogP contribution in [-0.2, 0) is 6.54 Å². The molecule has 3 heteroatoms. The maximum absolute atomic E-state index is 12.3. The first-order valence-electron chi connectivity index (χ1n) is 5.76. The lowest BCUT2D eigenvalue weighted by Gasteiger charge is -2.05. The molecular formula is C14H16N2O. The number of hydrogen-bond donors (Lipinski definition) is 0. The molecule has 2 rings (SSSR count). The van der Waals surface area contributed by atoms with Crippen LogP contribution in [-0.4, -0.2) is 15.3 Å². The summed E-state index contributed by atoms with van der Waals surface area (Å²) in [5, 5.41) is 0. The zero-order chi connectivity index (χ0) is 12.4. The minimum Gasteiger partial charge on any atom is -0.328 e. The van der Waals surface area contributed by atoms with Gasteiger partial charge in [0.1, 0.15) is 0 Å². The van der Waals surface area contributed by atoms with E-state index >= 15 is 0 Å². The van der Waals surface area contributed by atoms with Gasteiger partial charge in [0.15, 0.2) is 5.82 Å². The van der Waals surface area contributed by atoms with Gasteiger partial charge in [0.2, 0.25) is 5.78 Å². The van der Waals surface area contributed by atoms with Crippen molar-refractivity contribution in [1.82, 2.24) is 9.55 Å². The molecule has 0 atom stereocenters. The molecule has 0 aliphatic carbocycles. The number of carbonyl (C=O) groups is 1. The van der Waals surface area contributed by atoms with E-state index in [1.807, 2.05) is 43.7 Å². The molecule has 0 amide bonds. The Hall–Kier alpha value is -1.90. The fourth-order valence-corrected chi connectivity index (χ4v) is 2.01. The van der Waals surface area contributed by atoms with Crippen molar-refractivity contribution in [2.75, 3.05) is 0 Å². The van der Waals surface area contributed by atoms with Crippen molar-refractivity contribution in [3.05, 3.63) is 53.1 Å². The van der Waals surface area contributed by atoms with Crippen molar-refractivity contribution in [3.8, 4) is 0 Å². The number of aryl methyl sites for hydroxylation is 3. The largest absolute Gasteiger partial charge is 0.328 e. The quantitative estimate of drug-likeness (QED) is 0.757. The van der Waals surface area contributed by atoms with Crippen LogP contribution in [0.15, 0.2) is 30.6 Å². The summed E-state index contributed by atoms with van der Waals surface area (Å²) < 4.78 is 1.86. The van der Waals surface area contributed by atoms with E-state index in [2.05, 4.69) is 11.1 Å². The van der Waals surface area contributed by atoms with Gasteiger partial charge in [0.05, 0.1) is 0 Å². The molecule has 0 aliphatic heterocycles. The summed E-state index contributed by atoms with van der Waals surface area (Å²) in [6.07, 6.45) is 3.50. The van der Waals surface area contributed by atoms with Gasteiger partial charge in [-0.2, -0.15) is 0 Å². The number of nitrogens with zero attached hydrogens (tertiary/aromatic N) is 2. The molecule has 3 nitrogen and oxygen atoms in total. The van der Waals surface area contributed by atoms with Crippen LogP contribution in [0.1, 0.15) is 34.2 Å². The van der Waals surface area contributed by atoms with Crippen LogP contribution in [0, 0.1) is 13.8 Å². The summed E-state index contributed by atoms with van der Waals surface area (Å²) in [5.74, 6) is 0.501. The van der Waals surface area contributed by atoms with Gasteiger partial charge >= 0.3 is 0 Å². The third-order valence-corrected chi connectivity index (χ3v) is 2.74. The average molecular weight is 228 g/mol. The van der Waals surface area contributed by atoms with Crippen LogP contribution in [0.5, 0.6) is 0 Å². The normalized spacial score (nSPS) is 10.5. The SMILES string of the molecule is CCn1ccnc1C(=O)c1cc(C)cc(C)c1. The van der Waals surface area contributed by atoms with Crippen molar-refractivity contribution in [1.29, 1.82) is 0 Å². The molecule has 2 aromatic rings. The summed E-state index contributed by atoms with van der Waals surface area (Å²) in [4.78, 5) is 16.4. The molecule has 0 bridgehead atoms. The van der Waals surface area contributed by atoms with Crippen molar-refractivity contribution < 1.29 is 4.79 Å². The van der Waals surface area contributed by atoms with Gasteiger partial charge in [-0.15, -0.1) is 0 Å². The minimum atomic E-state index is -0.0105. The molecule has 88 valence electrons. The highest BCUT2D eigenvalue weighted by atomic mass is 16.1. The molecule has 0 aliphatic rings. The van der Waals surface area contributed by atoms with Gasteiger partial charge in [-0.05, 0) is 32.9 Å². The number of hydrogen-bond acceptors (Lipinski definition) is 2. The lowest BCUT2D eigenvalue weighted by atomic mass is 10.0. The summed E-state index contributed by atoms with van der Waals surface area (Å²) in [7, 11) is 0. The lowest BCUT2D eigenvalue weighted by molar-refractivity contribution is 0.102. The molecule has 0 radical (unpaired) electrons. The molecule has 0 unspecified atom stereocenters. The van der Waals surface area contributed by atoms with Crippen LogP contribution in [0.25, 0.3) is 0 Å². The zero-order valence-corrected chi connectivity index (χ0v) is 10.4. The van der Waals surface area contributed by atoms with Crippen molar-refractivity contribution in [2.45, 2.75) is 27.3 Å². The summed E-state index contributed by atoms with van der Waals surface area (Å²) in [6.45, 7) is 6.75. The zero-order valence-electron chi connectivity index (χ0n) is 10.4. The number of rotatable bonds is 3. The maximum atomic E-state index is 12.3. The van der Waals surface area contributed by atoms with E-state index in [9.17, 15) is 4.79 Å². The number of imidazole rings is 1. The van der Waals surface area contributed by atoms with E-state index in [1.165, 1.54) is 0 Å². The first-order chi connectivity index (χ1) is 8.11. The van der Waals surface area contributed by atoms with Gasteiger partial charge in [-0.3, -0.25) is 4.79 Å². The van der Waals surface area contributed by atoms with Crippen molar-refractivity contribution >= 4 is 5.78 Å². The van der Waals surface area contributed by atoms with E-state index in [0.29, 0.717) is 11.4 Å². The minimum absolute atomic E-state index is 0.0105. The first kappa shape index (κ1) is 11.6. The highest BCUT2D eigenvalue weighted by molar-refractivity contribution is 6.06. The fraction of sp³-hybridized carbons (Fsp3) is 0.286. The van der Waals surface area contributed by atoms with Crippen LogP contribution >= 0.6 is 0 Å². The van der Waals surface area contributed by atoms with E-state index in [0.717, 1.165) is 17.7 Å². The van der Waals surface area contributed by atoms with Gasteiger partial charge in [-0.1, -0.05) is 17.2 Å². The molecule has 1 heterocycles. The third kappa shape index (κ3) is 2.28. The second-order valence-electron chi connectivity index (χ2n) is 4.24. The van der Waals surface area contributed by atoms with Crippen molar-refractivity contribution in [2.24, 2.45) is 0 Å². The molecular weight excluding hydrogens is 212 g/mol. The monoisotopic (exact) mass is 228 g/mol. The van der Waals surface area contributed by atoms with Crippen LogP contribution in [0.3, 0.4) is 0 Å². The maximum Gasteiger partial charge on any atom is 0.228 e. The Morgan fingerprint density at radius 3 is 2.47 bits per heavy atom. The summed E-state index contributed by atoms with van der Waals surface area (Å²) in [6, 6.07) is 5.87. The smallest absolute Gasteiger partial charge is 0.228 e. The Morgan fingerprint density at radius 1 is 1.24 bits per heavy atom. The predicted octanol–water partition coefficient (Wildman–Crippen LogP) is 2.75. The number of aromatic nitrogens is 2. The molecule has 0 N–H and O–H groups in total. The Kier molecular flexibility index (Phi) is 3.09. The van der Waals surface area contributed by atoms with Crippen LogP contribution < -0.4 is 0 Å². The average Bonchev–Trinajstić information content (AvgIpc) is 2.74. The standard InChI is InChI=1S/C14H16N2O/c1-4-16-6-5-15-14(16)13(17)12-8-10(2)7-11(3)9-12/h5-9H,4H2,1-3H3. The number of benzene rings is 1. The van der Waals surface area contributed by atoms with Gasteiger partial charge in [0.25, 0.3) is 0 Å². The Labute approximate surface area is 101 Å². The van der Waals surface area contributed by atoms with E-state index < -0.39 is 0 Å². The third-order valence-electron chi connectivity index (χ3n) is 2.74. The molecule has 1 aromatic carbocycles. The predicted molar refractivity (Wildman–Crippen MR) is 67.2 cm³/mol. The van der Waals surface area contributed by atoms with Gasteiger partial charge in [0, 0.05) is 24.5 Å². The molecule has 17 heavy (non-hydrogen) atoms. The van der Waals surface area contributed by atoms with E-state index in [-0.39, 0.29) is 5.78 Å². The molecule has 0 saturated carbocycles. The second kappa shape index (κ2) is 4.53. The molecule has 0 saturated heterocycles.